The Morgan fingerprint density at radius 3 is 3.00 bits per heavy atom. The average molecular weight is 325 g/mol. The predicted octanol–water partition coefficient (Wildman–Crippen LogP) is 4.04. The largest absolute Gasteiger partial charge is 0.361 e. The fourth-order valence-electron chi connectivity index (χ4n) is 2.55. The third-order valence-electron chi connectivity index (χ3n) is 3.59. The highest BCUT2D eigenvalue weighted by atomic mass is 32.2. The second-order valence-electron chi connectivity index (χ2n) is 4.93. The molecule has 4 rings (SSSR count). The highest BCUT2D eigenvalue weighted by molar-refractivity contribution is 8.19. The second kappa shape index (κ2) is 5.23. The van der Waals surface area contributed by atoms with Crippen molar-refractivity contribution >= 4 is 50.9 Å². The summed E-state index contributed by atoms with van der Waals surface area (Å²) in [5.41, 5.74) is 2.01. The van der Waals surface area contributed by atoms with E-state index in [1.165, 1.54) is 23.1 Å². The van der Waals surface area contributed by atoms with Crippen LogP contribution in [0.1, 0.15) is 16.5 Å². The number of hydrogen-bond donors (Lipinski definition) is 2. The molecule has 0 radical (unpaired) electrons. The summed E-state index contributed by atoms with van der Waals surface area (Å²) in [7, 11) is 0. The summed E-state index contributed by atoms with van der Waals surface area (Å²) >= 11 is 2.66. The van der Waals surface area contributed by atoms with Crippen LogP contribution in [0.4, 0.5) is 0 Å². The molecule has 22 heavy (non-hydrogen) atoms. The lowest BCUT2D eigenvalue weighted by molar-refractivity contribution is -0.114. The molecule has 108 valence electrons. The Labute approximate surface area is 134 Å². The highest BCUT2D eigenvalue weighted by Gasteiger charge is 2.38. The minimum Gasteiger partial charge on any atom is -0.361 e. The van der Waals surface area contributed by atoms with Crippen molar-refractivity contribution in [2.45, 2.75) is 5.92 Å². The van der Waals surface area contributed by atoms with Gasteiger partial charge in [0.15, 0.2) is 5.78 Å². The van der Waals surface area contributed by atoms with Crippen molar-refractivity contribution in [3.05, 3.63) is 57.5 Å². The number of fused-ring (bicyclic) bond motifs is 1. The maximum atomic E-state index is 12.6. The number of thiazole rings is 1. The number of para-hydroxylation sites is 1. The van der Waals surface area contributed by atoms with Crippen LogP contribution in [0, 0.1) is 5.41 Å². The number of aromatic nitrogens is 2. The van der Waals surface area contributed by atoms with E-state index in [0.29, 0.717) is 15.0 Å². The summed E-state index contributed by atoms with van der Waals surface area (Å²) in [6, 6.07) is 7.97. The Morgan fingerprint density at radius 1 is 1.32 bits per heavy atom. The van der Waals surface area contributed by atoms with E-state index in [1.807, 2.05) is 41.9 Å². The normalized spacial score (nSPS) is 20.4. The first kappa shape index (κ1) is 13.5. The molecule has 1 fully saturated rings. The van der Waals surface area contributed by atoms with E-state index in [-0.39, 0.29) is 5.78 Å². The zero-order valence-corrected chi connectivity index (χ0v) is 13.0. The SMILES string of the molecule is N=C1S/C(=C\c2c[nH]c3ccccc23)C(=O)[C@@H]1c1nccs1. The quantitative estimate of drug-likeness (QED) is 0.699. The van der Waals surface area contributed by atoms with Crippen LogP contribution in [0.3, 0.4) is 0 Å². The van der Waals surface area contributed by atoms with Gasteiger partial charge in [0.1, 0.15) is 10.9 Å². The molecule has 0 saturated carbocycles. The van der Waals surface area contributed by atoms with E-state index in [0.717, 1.165) is 16.5 Å². The summed E-state index contributed by atoms with van der Waals surface area (Å²) in [5.74, 6) is -0.559. The Kier molecular flexibility index (Phi) is 3.20. The molecule has 0 unspecified atom stereocenters. The molecule has 4 nitrogen and oxygen atoms in total. The van der Waals surface area contributed by atoms with Crippen molar-refractivity contribution < 1.29 is 4.79 Å². The number of hydrogen-bond acceptors (Lipinski definition) is 5. The van der Waals surface area contributed by atoms with Gasteiger partial charge in [0.05, 0.1) is 9.95 Å². The number of nitrogens with zero attached hydrogens (tertiary/aromatic N) is 1. The monoisotopic (exact) mass is 325 g/mol. The lowest BCUT2D eigenvalue weighted by Crippen LogP contribution is -2.11. The average Bonchev–Trinajstić information content (AvgIpc) is 3.22. The number of carbonyl (C=O) groups excluding carboxylic acids is 1. The van der Waals surface area contributed by atoms with E-state index < -0.39 is 5.92 Å². The van der Waals surface area contributed by atoms with Gasteiger partial charge in [0, 0.05) is 34.2 Å². The summed E-state index contributed by atoms with van der Waals surface area (Å²) in [4.78, 5) is 20.6. The van der Waals surface area contributed by atoms with E-state index in [2.05, 4.69) is 9.97 Å². The summed E-state index contributed by atoms with van der Waals surface area (Å²) in [6.45, 7) is 0. The standard InChI is InChI=1S/C16H11N3OS2/c17-15-13(16-18-5-6-21-16)14(20)12(22-15)7-9-8-19-11-4-2-1-3-10(9)11/h1-8,13,17,19H/b12-7-,17-15?/t13-/m0/s1. The number of carbonyl (C=O) groups is 1. The van der Waals surface area contributed by atoms with E-state index in [9.17, 15) is 4.79 Å². The molecule has 6 heteroatoms. The van der Waals surface area contributed by atoms with Gasteiger partial charge in [0.25, 0.3) is 0 Å². The van der Waals surface area contributed by atoms with Crippen LogP contribution in [0.25, 0.3) is 17.0 Å². The molecule has 1 aliphatic rings. The molecule has 1 aromatic carbocycles. The first-order valence-corrected chi connectivity index (χ1v) is 8.41. The second-order valence-corrected chi connectivity index (χ2v) is 6.94. The summed E-state index contributed by atoms with van der Waals surface area (Å²) in [5, 5.41) is 12.1. The molecule has 0 amide bonds. The van der Waals surface area contributed by atoms with Crippen LogP contribution < -0.4 is 0 Å². The number of allylic oxidation sites excluding steroid dienone is 1. The van der Waals surface area contributed by atoms with Crippen molar-refractivity contribution in [2.24, 2.45) is 0 Å². The molecule has 3 aromatic rings. The lowest BCUT2D eigenvalue weighted by Gasteiger charge is -2.01. The molecular weight excluding hydrogens is 314 g/mol. The summed E-state index contributed by atoms with van der Waals surface area (Å²) in [6.07, 6.45) is 5.44. The van der Waals surface area contributed by atoms with Crippen molar-refractivity contribution in [1.29, 1.82) is 5.41 Å². The fraction of sp³-hybridized carbons (Fsp3) is 0.0625. The maximum absolute atomic E-state index is 12.6. The van der Waals surface area contributed by atoms with Crippen LogP contribution in [-0.4, -0.2) is 20.8 Å². The van der Waals surface area contributed by atoms with Crippen LogP contribution in [0.5, 0.6) is 0 Å². The van der Waals surface area contributed by atoms with Crippen LogP contribution in [0.15, 0.2) is 46.9 Å². The van der Waals surface area contributed by atoms with E-state index in [4.69, 9.17) is 5.41 Å². The number of Topliss-reactive ketones (excluding diaryl/α,β-unsaturated/α-hetero) is 1. The summed E-state index contributed by atoms with van der Waals surface area (Å²) < 4.78 is 0. The van der Waals surface area contributed by atoms with Crippen molar-refractivity contribution in [3.8, 4) is 0 Å². The highest BCUT2D eigenvalue weighted by Crippen LogP contribution is 2.41. The van der Waals surface area contributed by atoms with Crippen LogP contribution in [0.2, 0.25) is 0 Å². The fourth-order valence-corrected chi connectivity index (χ4v) is 4.34. The number of aromatic amines is 1. The number of H-pyrrole nitrogens is 1. The number of benzene rings is 1. The lowest BCUT2D eigenvalue weighted by atomic mass is 10.0. The molecule has 1 aliphatic heterocycles. The Bertz CT molecular complexity index is 909. The smallest absolute Gasteiger partial charge is 0.186 e. The first-order chi connectivity index (χ1) is 10.7. The van der Waals surface area contributed by atoms with E-state index in [1.54, 1.807) is 6.20 Å². The topological polar surface area (TPSA) is 69.6 Å². The van der Waals surface area contributed by atoms with Crippen LogP contribution in [-0.2, 0) is 4.79 Å². The third-order valence-corrected chi connectivity index (χ3v) is 5.43. The zero-order valence-electron chi connectivity index (χ0n) is 11.4. The third kappa shape index (κ3) is 2.12. The Morgan fingerprint density at radius 2 is 2.18 bits per heavy atom. The molecular formula is C16H11N3OS2. The van der Waals surface area contributed by atoms with Crippen molar-refractivity contribution in [3.63, 3.8) is 0 Å². The van der Waals surface area contributed by atoms with Gasteiger partial charge >= 0.3 is 0 Å². The molecule has 3 heterocycles. The van der Waals surface area contributed by atoms with Gasteiger partial charge in [-0.05, 0) is 12.1 Å². The van der Waals surface area contributed by atoms with Gasteiger partial charge in [-0.15, -0.1) is 11.3 Å². The molecule has 1 atom stereocenters. The molecule has 0 spiro atoms. The van der Waals surface area contributed by atoms with E-state index >= 15 is 0 Å². The molecule has 2 aromatic heterocycles. The number of nitrogens with one attached hydrogen (secondary N) is 2. The van der Waals surface area contributed by atoms with Crippen LogP contribution >= 0.6 is 23.1 Å². The predicted molar refractivity (Wildman–Crippen MR) is 91.5 cm³/mol. The number of thioether (sulfide) groups is 1. The van der Waals surface area contributed by atoms with Gasteiger partial charge in [0.2, 0.25) is 0 Å². The van der Waals surface area contributed by atoms with Crippen molar-refractivity contribution in [1.82, 2.24) is 9.97 Å². The molecule has 2 N–H and O–H groups in total. The van der Waals surface area contributed by atoms with Gasteiger partial charge in [-0.2, -0.15) is 0 Å². The first-order valence-electron chi connectivity index (χ1n) is 6.72. The number of ketones is 1. The van der Waals surface area contributed by atoms with Gasteiger partial charge < -0.3 is 4.98 Å². The van der Waals surface area contributed by atoms with Gasteiger partial charge in [-0.3, -0.25) is 10.2 Å². The molecule has 0 aliphatic carbocycles. The van der Waals surface area contributed by atoms with Gasteiger partial charge in [-0.1, -0.05) is 30.0 Å². The van der Waals surface area contributed by atoms with Crippen molar-refractivity contribution in [2.75, 3.05) is 0 Å². The maximum Gasteiger partial charge on any atom is 0.186 e. The Balaban J connectivity index is 1.74. The zero-order chi connectivity index (χ0) is 15.1. The minimum absolute atomic E-state index is 0.0322. The molecule has 0 bridgehead atoms. The Hall–Kier alpha value is -2.18. The minimum atomic E-state index is -0.526. The molecule has 1 saturated heterocycles. The number of rotatable bonds is 2. The van der Waals surface area contributed by atoms with Gasteiger partial charge in [-0.25, -0.2) is 4.98 Å².